The molecule has 1 spiro atoms. The van der Waals surface area contributed by atoms with Crippen LogP contribution in [0.15, 0.2) is 58.7 Å². The normalized spacial score (nSPS) is 17.5. The van der Waals surface area contributed by atoms with Crippen molar-refractivity contribution in [2.75, 3.05) is 45.9 Å². The number of carbonyl (C=O) groups is 1. The van der Waals surface area contributed by atoms with E-state index >= 15 is 0 Å². The zero-order valence-corrected chi connectivity index (χ0v) is 34.3. The molecule has 0 saturated carbocycles. The number of rotatable bonds is 12. The van der Waals surface area contributed by atoms with Crippen LogP contribution in [0.2, 0.25) is 18.1 Å². The van der Waals surface area contributed by atoms with Crippen molar-refractivity contribution in [2.45, 2.75) is 96.2 Å². The van der Waals surface area contributed by atoms with Gasteiger partial charge in [0, 0.05) is 55.5 Å². The quantitative estimate of drug-likeness (QED) is 0.102. The lowest BCUT2D eigenvalue weighted by molar-refractivity contribution is -0.128. The number of aromatic hydroxyl groups is 1. The Bertz CT molecular complexity index is 1940. The van der Waals surface area contributed by atoms with Crippen LogP contribution in [0, 0.1) is 0 Å². The summed E-state index contributed by atoms with van der Waals surface area (Å²) in [6.45, 7) is 21.4. The number of fused-ring (bicyclic) bond motifs is 1. The molecule has 3 N–H and O–H groups in total. The molecule has 2 aliphatic rings. The Balaban J connectivity index is 1.03. The van der Waals surface area contributed by atoms with Crippen molar-refractivity contribution in [1.29, 1.82) is 0 Å². The van der Waals surface area contributed by atoms with Crippen LogP contribution in [-0.2, 0) is 22.1 Å². The Morgan fingerprint density at radius 2 is 1.87 bits per heavy atom. The first-order valence-corrected chi connectivity index (χ1v) is 22.8. The van der Waals surface area contributed by atoms with Gasteiger partial charge in [0.25, 0.3) is 5.91 Å². The van der Waals surface area contributed by atoms with Gasteiger partial charge in [-0.3, -0.25) is 14.5 Å². The number of thiazole rings is 1. The first-order chi connectivity index (χ1) is 25.1. The molecule has 53 heavy (non-hydrogen) atoms. The minimum Gasteiger partial charge on any atom is -0.506 e. The van der Waals surface area contributed by atoms with E-state index in [0.717, 1.165) is 61.4 Å². The van der Waals surface area contributed by atoms with Crippen molar-refractivity contribution < 1.29 is 19.1 Å². The van der Waals surface area contributed by atoms with Gasteiger partial charge < -0.3 is 29.5 Å². The molecule has 1 amide bonds. The van der Waals surface area contributed by atoms with Gasteiger partial charge in [-0.15, -0.1) is 11.3 Å². The predicted octanol–water partition coefficient (Wildman–Crippen LogP) is 7.22. The molecule has 4 heterocycles. The summed E-state index contributed by atoms with van der Waals surface area (Å²) >= 11 is 1.57. The summed E-state index contributed by atoms with van der Waals surface area (Å²) in [5.41, 5.74) is 4.00. The number of hydrogen-bond acceptors (Lipinski definition) is 9. The number of benzene rings is 2. The van der Waals surface area contributed by atoms with Crippen LogP contribution in [0.25, 0.3) is 10.9 Å². The topological polar surface area (TPSA) is 120 Å². The zero-order valence-electron chi connectivity index (χ0n) is 32.5. The van der Waals surface area contributed by atoms with E-state index in [0.29, 0.717) is 43.4 Å². The molecule has 10 nitrogen and oxygen atoms in total. The molecule has 12 heteroatoms. The number of aromatic nitrogens is 2. The maximum Gasteiger partial charge on any atom is 0.273 e. The van der Waals surface area contributed by atoms with Gasteiger partial charge in [-0.1, -0.05) is 65.0 Å². The number of carbonyl (C=O) groups excluding carboxylic acids is 1. The smallest absolute Gasteiger partial charge is 0.273 e. The highest BCUT2D eigenvalue weighted by atomic mass is 32.1. The highest BCUT2D eigenvalue weighted by Crippen LogP contribution is 2.41. The highest BCUT2D eigenvalue weighted by molar-refractivity contribution is 7.09. The van der Waals surface area contributed by atoms with Gasteiger partial charge in [0.15, 0.2) is 8.32 Å². The van der Waals surface area contributed by atoms with Crippen molar-refractivity contribution in [1.82, 2.24) is 25.1 Å². The summed E-state index contributed by atoms with van der Waals surface area (Å²) in [4.78, 5) is 37.3. The van der Waals surface area contributed by atoms with Crippen LogP contribution in [-0.4, -0.2) is 90.6 Å². The van der Waals surface area contributed by atoms with Crippen molar-refractivity contribution in [3.63, 3.8) is 0 Å². The number of H-pyrrole nitrogens is 1. The van der Waals surface area contributed by atoms with E-state index in [1.54, 1.807) is 23.5 Å². The highest BCUT2D eigenvalue weighted by Gasteiger charge is 2.42. The number of ether oxygens (including phenoxy) is 1. The van der Waals surface area contributed by atoms with E-state index in [1.807, 2.05) is 16.3 Å². The third-order valence-corrected chi connectivity index (χ3v) is 17.0. The lowest BCUT2D eigenvalue weighted by atomic mass is 9.89. The van der Waals surface area contributed by atoms with Gasteiger partial charge in [-0.05, 0) is 72.8 Å². The third-order valence-electron chi connectivity index (χ3n) is 11.4. The maximum absolute atomic E-state index is 13.3. The van der Waals surface area contributed by atoms with Crippen LogP contribution in [0.3, 0.4) is 0 Å². The second-order valence-electron chi connectivity index (χ2n) is 16.7. The van der Waals surface area contributed by atoms with E-state index in [4.69, 9.17) is 9.16 Å². The van der Waals surface area contributed by atoms with Crippen molar-refractivity contribution in [3.8, 4) is 5.75 Å². The minimum absolute atomic E-state index is 0.0181. The second-order valence-corrected chi connectivity index (χ2v) is 22.3. The molecule has 0 bridgehead atoms. The average molecular weight is 760 g/mol. The molecule has 2 aliphatic heterocycles. The van der Waals surface area contributed by atoms with E-state index in [-0.39, 0.29) is 34.0 Å². The average Bonchev–Trinajstić information content (AvgIpc) is 3.62. The van der Waals surface area contributed by atoms with Crippen LogP contribution in [0.1, 0.15) is 91.7 Å². The number of piperidine rings is 1. The third kappa shape index (κ3) is 9.29. The zero-order chi connectivity index (χ0) is 38.0. The van der Waals surface area contributed by atoms with E-state index in [1.165, 1.54) is 17.2 Å². The van der Waals surface area contributed by atoms with Gasteiger partial charge in [-0.25, -0.2) is 4.98 Å². The van der Waals surface area contributed by atoms with Crippen molar-refractivity contribution in [3.05, 3.63) is 91.7 Å². The van der Waals surface area contributed by atoms with Gasteiger partial charge in [0.05, 0.1) is 35.4 Å². The Morgan fingerprint density at radius 3 is 2.58 bits per heavy atom. The fourth-order valence-electron chi connectivity index (χ4n) is 7.15. The number of phenols is 1. The largest absolute Gasteiger partial charge is 0.506 e. The summed E-state index contributed by atoms with van der Waals surface area (Å²) in [5.74, 6) is 0.395. The number of morpholine rings is 1. The summed E-state index contributed by atoms with van der Waals surface area (Å²) < 4.78 is 13.4. The van der Waals surface area contributed by atoms with Crippen molar-refractivity contribution >= 4 is 36.5 Å². The lowest BCUT2D eigenvalue weighted by Crippen LogP contribution is -2.58. The summed E-state index contributed by atoms with van der Waals surface area (Å²) in [7, 11) is -2.16. The Kier molecular flexibility index (Phi) is 12.0. The maximum atomic E-state index is 13.3. The van der Waals surface area contributed by atoms with E-state index in [9.17, 15) is 14.7 Å². The van der Waals surface area contributed by atoms with Gasteiger partial charge in [-0.2, -0.15) is 0 Å². The molecule has 1 unspecified atom stereocenters. The SMILES string of the molecule is CC(C)c1nc(C(=O)N2CCOC3(CCN(Cc4cccc(CCNCC(O[Si](C)(C)C(C)(C)C)c5ccc(O)c6[nH]c(=O)ccc56)c4)CC3)C2)cs1. The summed E-state index contributed by atoms with van der Waals surface area (Å²) in [6.07, 6.45) is 2.43. The van der Waals surface area contributed by atoms with Crippen LogP contribution < -0.4 is 10.9 Å². The number of hydrogen-bond donors (Lipinski definition) is 3. The molecular formula is C41H57N5O5SSi. The second kappa shape index (κ2) is 16.1. The first-order valence-electron chi connectivity index (χ1n) is 19.1. The summed E-state index contributed by atoms with van der Waals surface area (Å²) in [6, 6.07) is 15.7. The molecule has 2 aromatic carbocycles. The number of nitrogens with zero attached hydrogens (tertiary/aromatic N) is 3. The standard InChI is InChI=1S/C41H57N5O5SSi/c1-28(2)38-43-33(26-52-38)39(49)46-21-22-50-41(27-46)16-19-45(20-17-41)25-30-10-8-9-29(23-30)15-18-42-24-35(51-53(6,7)40(3,4)5)31-11-13-34(47)37-32(31)12-14-36(48)44-37/h8-14,23,26,28,35,42,47H,15-22,24-25,27H2,1-7H3,(H,44,48). The van der Waals surface area contributed by atoms with E-state index in [2.05, 4.69) is 92.2 Å². The molecule has 2 aromatic heterocycles. The lowest BCUT2D eigenvalue weighted by Gasteiger charge is -2.47. The molecule has 4 aromatic rings. The van der Waals surface area contributed by atoms with Crippen LogP contribution >= 0.6 is 11.3 Å². The van der Waals surface area contributed by atoms with Crippen LogP contribution in [0.4, 0.5) is 0 Å². The fourth-order valence-corrected chi connectivity index (χ4v) is 9.23. The van der Waals surface area contributed by atoms with Gasteiger partial charge in [0.2, 0.25) is 5.56 Å². The molecule has 1 atom stereocenters. The number of likely N-dealkylation sites (tertiary alicyclic amines) is 1. The number of nitrogens with one attached hydrogen (secondary N) is 2. The molecule has 286 valence electrons. The molecule has 2 fully saturated rings. The fraction of sp³-hybridized carbons (Fsp3) is 0.537. The number of pyridine rings is 1. The predicted molar refractivity (Wildman–Crippen MR) is 216 cm³/mol. The van der Waals surface area contributed by atoms with Gasteiger partial charge in [0.1, 0.15) is 11.4 Å². The van der Waals surface area contributed by atoms with E-state index < -0.39 is 8.32 Å². The molecule has 0 aliphatic carbocycles. The Hall–Kier alpha value is -3.39. The molecule has 2 saturated heterocycles. The molecule has 0 radical (unpaired) electrons. The van der Waals surface area contributed by atoms with Crippen molar-refractivity contribution in [2.24, 2.45) is 0 Å². The first kappa shape index (κ1) is 39.3. The summed E-state index contributed by atoms with van der Waals surface area (Å²) in [5, 5.41) is 17.9. The van der Waals surface area contributed by atoms with Gasteiger partial charge >= 0.3 is 0 Å². The van der Waals surface area contributed by atoms with Crippen LogP contribution in [0.5, 0.6) is 5.75 Å². The monoisotopic (exact) mass is 759 g/mol. The Morgan fingerprint density at radius 1 is 1.11 bits per heavy atom. The Labute approximate surface area is 319 Å². The number of amides is 1. The molecule has 6 rings (SSSR count). The number of aromatic amines is 1. The molecular weight excluding hydrogens is 703 g/mol. The number of phenolic OH excluding ortho intramolecular Hbond substituents is 1. The minimum atomic E-state index is -2.16.